The third-order valence-electron chi connectivity index (χ3n) is 5.55. The van der Waals surface area contributed by atoms with Gasteiger partial charge in [-0.15, -0.1) is 5.10 Å². The highest BCUT2D eigenvalue weighted by Crippen LogP contribution is 2.47. The Labute approximate surface area is 176 Å². The smallest absolute Gasteiger partial charge is 0.252 e. The van der Waals surface area contributed by atoms with Crippen molar-refractivity contribution in [1.82, 2.24) is 29.1 Å². The van der Waals surface area contributed by atoms with Gasteiger partial charge in [0.15, 0.2) is 5.65 Å². The maximum Gasteiger partial charge on any atom is 0.252 e. The van der Waals surface area contributed by atoms with E-state index in [0.717, 1.165) is 22.2 Å². The predicted octanol–water partition coefficient (Wildman–Crippen LogP) is 4.58. The maximum absolute atomic E-state index is 13.7. The van der Waals surface area contributed by atoms with Gasteiger partial charge < -0.3 is 9.88 Å². The Kier molecular flexibility index (Phi) is 4.25. The zero-order chi connectivity index (χ0) is 22.0. The molecule has 0 bridgehead atoms. The van der Waals surface area contributed by atoms with E-state index in [2.05, 4.69) is 25.4 Å². The number of imidazole rings is 1. The fourth-order valence-corrected chi connectivity index (χ4v) is 4.03. The summed E-state index contributed by atoms with van der Waals surface area (Å²) in [6.07, 6.45) is 4.80. The molecule has 0 aliphatic heterocycles. The topological polar surface area (TPSA) is 72.9 Å². The summed E-state index contributed by atoms with van der Waals surface area (Å²) in [4.78, 5) is 13.2. The first kappa shape index (κ1) is 19.8. The van der Waals surface area contributed by atoms with Crippen LogP contribution in [0.1, 0.15) is 38.6 Å². The molecule has 0 amide bonds. The number of pyridine rings is 1. The normalized spacial score (nSPS) is 16.7. The molecular formula is C21H22F3N7. The number of hydrogen-bond acceptors (Lipinski definition) is 5. The van der Waals surface area contributed by atoms with Gasteiger partial charge >= 0.3 is 0 Å². The van der Waals surface area contributed by atoms with E-state index in [9.17, 15) is 13.2 Å². The van der Waals surface area contributed by atoms with Gasteiger partial charge in [-0.25, -0.2) is 32.6 Å². The number of alkyl halides is 3. The molecule has 5 rings (SSSR count). The molecule has 0 aromatic carbocycles. The average Bonchev–Trinajstić information content (AvgIpc) is 3.23. The van der Waals surface area contributed by atoms with E-state index >= 15 is 0 Å². The summed E-state index contributed by atoms with van der Waals surface area (Å²) < 4.78 is 44.1. The van der Waals surface area contributed by atoms with E-state index in [-0.39, 0.29) is 25.4 Å². The number of hydrogen-bond donors (Lipinski definition) is 1. The van der Waals surface area contributed by atoms with Gasteiger partial charge in [-0.3, -0.25) is 0 Å². The number of aryl methyl sites for hydroxylation is 1. The standard InChI is InChI=1S/C21H22F3N7/c1-12-28-18-16(31(12)14-7-21(23,24)8-14)6-13(9-25-18)15-4-5-30-17(15)10-26-19(29-30)27-11-20(2,3)22/h4-6,9-10,14H,7-8,11H2,1-3H3,(H,27,29). The minimum absolute atomic E-state index is 0.0940. The molecule has 7 nitrogen and oxygen atoms in total. The largest absolute Gasteiger partial charge is 0.350 e. The Hall–Kier alpha value is -3.17. The summed E-state index contributed by atoms with van der Waals surface area (Å²) in [5, 5.41) is 7.27. The second-order valence-electron chi connectivity index (χ2n) is 8.73. The Morgan fingerprint density at radius 1 is 1.19 bits per heavy atom. The fraction of sp³-hybridized carbons (Fsp3) is 0.429. The quantitative estimate of drug-likeness (QED) is 0.503. The predicted molar refractivity (Wildman–Crippen MR) is 111 cm³/mol. The Bertz CT molecular complexity index is 1280. The number of anilines is 1. The molecule has 0 radical (unpaired) electrons. The molecule has 4 heterocycles. The molecule has 10 heteroatoms. The van der Waals surface area contributed by atoms with Crippen LogP contribution >= 0.6 is 0 Å². The highest BCUT2D eigenvalue weighted by atomic mass is 19.3. The van der Waals surface area contributed by atoms with E-state index < -0.39 is 11.6 Å². The molecule has 1 saturated carbocycles. The zero-order valence-corrected chi connectivity index (χ0v) is 17.4. The Balaban J connectivity index is 1.50. The van der Waals surface area contributed by atoms with Crippen LogP contribution in [-0.4, -0.2) is 47.3 Å². The summed E-state index contributed by atoms with van der Waals surface area (Å²) in [7, 11) is 0. The van der Waals surface area contributed by atoms with Crippen LogP contribution in [0.25, 0.3) is 27.8 Å². The van der Waals surface area contributed by atoms with Crippen LogP contribution in [0.3, 0.4) is 0 Å². The van der Waals surface area contributed by atoms with Crippen LogP contribution < -0.4 is 5.32 Å². The number of aromatic nitrogens is 6. The minimum atomic E-state index is -2.61. The van der Waals surface area contributed by atoms with Crippen LogP contribution in [0.2, 0.25) is 0 Å². The average molecular weight is 429 g/mol. The van der Waals surface area contributed by atoms with E-state index in [1.807, 2.05) is 23.6 Å². The summed E-state index contributed by atoms with van der Waals surface area (Å²) >= 11 is 0. The first-order valence-corrected chi connectivity index (χ1v) is 10.1. The number of nitrogens with one attached hydrogen (secondary N) is 1. The summed E-state index contributed by atoms with van der Waals surface area (Å²) in [6, 6.07) is 3.53. The molecule has 4 aromatic heterocycles. The minimum Gasteiger partial charge on any atom is -0.350 e. The van der Waals surface area contributed by atoms with Gasteiger partial charge in [-0.2, -0.15) is 0 Å². The van der Waals surface area contributed by atoms with Gasteiger partial charge in [0.2, 0.25) is 5.95 Å². The number of nitrogens with zero attached hydrogens (tertiary/aromatic N) is 6. The lowest BCUT2D eigenvalue weighted by Crippen LogP contribution is -2.37. The van der Waals surface area contributed by atoms with E-state index in [4.69, 9.17) is 0 Å². The van der Waals surface area contributed by atoms with Crippen molar-refractivity contribution in [3.8, 4) is 11.1 Å². The molecule has 0 spiro atoms. The molecule has 0 saturated heterocycles. The monoisotopic (exact) mass is 429 g/mol. The van der Waals surface area contributed by atoms with Crippen molar-refractivity contribution in [2.45, 2.75) is 51.2 Å². The molecule has 0 atom stereocenters. The van der Waals surface area contributed by atoms with E-state index in [1.54, 1.807) is 23.1 Å². The van der Waals surface area contributed by atoms with Gasteiger partial charge in [0.05, 0.1) is 23.8 Å². The molecule has 1 N–H and O–H groups in total. The van der Waals surface area contributed by atoms with Crippen molar-refractivity contribution in [1.29, 1.82) is 0 Å². The molecule has 4 aromatic rings. The fourth-order valence-electron chi connectivity index (χ4n) is 4.03. The third kappa shape index (κ3) is 3.60. The Morgan fingerprint density at radius 2 is 1.97 bits per heavy atom. The maximum atomic E-state index is 13.7. The molecule has 1 aliphatic carbocycles. The van der Waals surface area contributed by atoms with Crippen LogP contribution in [0.5, 0.6) is 0 Å². The van der Waals surface area contributed by atoms with Crippen molar-refractivity contribution in [2.24, 2.45) is 0 Å². The highest BCUT2D eigenvalue weighted by Gasteiger charge is 2.47. The zero-order valence-electron chi connectivity index (χ0n) is 17.4. The molecule has 31 heavy (non-hydrogen) atoms. The lowest BCUT2D eigenvalue weighted by molar-refractivity contribution is -0.103. The van der Waals surface area contributed by atoms with Crippen molar-refractivity contribution in [3.05, 3.63) is 36.5 Å². The lowest BCUT2D eigenvalue weighted by Gasteiger charge is -2.36. The van der Waals surface area contributed by atoms with Crippen molar-refractivity contribution in [2.75, 3.05) is 11.9 Å². The van der Waals surface area contributed by atoms with Crippen LogP contribution in [0, 0.1) is 6.92 Å². The van der Waals surface area contributed by atoms with Crippen LogP contribution in [-0.2, 0) is 0 Å². The summed E-state index contributed by atoms with van der Waals surface area (Å²) in [5.41, 5.74) is 2.32. The number of rotatable bonds is 5. The number of fused-ring (bicyclic) bond motifs is 2. The van der Waals surface area contributed by atoms with Crippen LogP contribution in [0.4, 0.5) is 19.1 Å². The van der Waals surface area contributed by atoms with Gasteiger partial charge in [0.25, 0.3) is 5.92 Å². The van der Waals surface area contributed by atoms with E-state index in [0.29, 0.717) is 17.4 Å². The summed E-state index contributed by atoms with van der Waals surface area (Å²) in [5.74, 6) is -1.61. The van der Waals surface area contributed by atoms with E-state index in [1.165, 1.54) is 13.8 Å². The number of halogens is 3. The second kappa shape index (κ2) is 6.66. The van der Waals surface area contributed by atoms with Gasteiger partial charge in [-0.1, -0.05) is 0 Å². The molecule has 162 valence electrons. The first-order chi connectivity index (χ1) is 14.6. The Morgan fingerprint density at radius 3 is 2.68 bits per heavy atom. The van der Waals surface area contributed by atoms with Crippen molar-refractivity contribution in [3.63, 3.8) is 0 Å². The molecular weight excluding hydrogens is 407 g/mol. The highest BCUT2D eigenvalue weighted by molar-refractivity contribution is 5.85. The second-order valence-corrected chi connectivity index (χ2v) is 8.73. The lowest BCUT2D eigenvalue weighted by atomic mass is 9.87. The molecule has 1 fully saturated rings. The van der Waals surface area contributed by atoms with Gasteiger partial charge in [0.1, 0.15) is 11.5 Å². The van der Waals surface area contributed by atoms with Crippen molar-refractivity contribution < 1.29 is 13.2 Å². The van der Waals surface area contributed by atoms with Crippen molar-refractivity contribution >= 4 is 22.6 Å². The van der Waals surface area contributed by atoms with Gasteiger partial charge in [0, 0.05) is 42.4 Å². The summed E-state index contributed by atoms with van der Waals surface area (Å²) in [6.45, 7) is 4.86. The third-order valence-corrected chi connectivity index (χ3v) is 5.55. The molecule has 0 unspecified atom stereocenters. The van der Waals surface area contributed by atoms with Crippen LogP contribution in [0.15, 0.2) is 30.7 Å². The first-order valence-electron chi connectivity index (χ1n) is 10.1. The SMILES string of the molecule is Cc1nc2ncc(-c3ccn4nc(NCC(C)(C)F)ncc34)cc2n1C1CC(F)(F)C1. The van der Waals surface area contributed by atoms with Gasteiger partial charge in [-0.05, 0) is 32.9 Å². The molecule has 1 aliphatic rings.